The van der Waals surface area contributed by atoms with Crippen LogP contribution >= 0.6 is 0 Å². The Labute approximate surface area is 86.7 Å². The summed E-state index contributed by atoms with van der Waals surface area (Å²) in [7, 11) is 2.15. The van der Waals surface area contributed by atoms with Gasteiger partial charge >= 0.3 is 0 Å². The van der Waals surface area contributed by atoms with E-state index in [2.05, 4.69) is 31.9 Å². The third kappa shape index (κ3) is 3.38. The largest absolute Gasteiger partial charge is 0.399 e. The Morgan fingerprint density at radius 1 is 1.36 bits per heavy atom. The second-order valence-electron chi connectivity index (χ2n) is 4.07. The summed E-state index contributed by atoms with van der Waals surface area (Å²) >= 11 is 0. The molecule has 1 aromatic carbocycles. The lowest BCUT2D eigenvalue weighted by atomic mass is 10.1. The van der Waals surface area contributed by atoms with Crippen molar-refractivity contribution in [3.05, 3.63) is 29.8 Å². The van der Waals surface area contributed by atoms with Gasteiger partial charge in [0.05, 0.1) is 0 Å². The molecule has 0 radical (unpaired) electrons. The van der Waals surface area contributed by atoms with Crippen molar-refractivity contribution < 1.29 is 0 Å². The minimum absolute atomic E-state index is 0.607. The van der Waals surface area contributed by atoms with Crippen molar-refractivity contribution in [2.45, 2.75) is 26.3 Å². The molecule has 2 nitrogen and oxygen atoms in total. The van der Waals surface area contributed by atoms with Gasteiger partial charge in [0, 0.05) is 18.3 Å². The zero-order chi connectivity index (χ0) is 10.6. The van der Waals surface area contributed by atoms with Crippen LogP contribution in [0.2, 0.25) is 0 Å². The topological polar surface area (TPSA) is 29.3 Å². The van der Waals surface area contributed by atoms with E-state index in [4.69, 9.17) is 5.73 Å². The number of nitrogens with zero attached hydrogens (tertiary/aromatic N) is 1. The van der Waals surface area contributed by atoms with Crippen LogP contribution in [0.3, 0.4) is 0 Å². The maximum absolute atomic E-state index is 5.71. The smallest absolute Gasteiger partial charge is 0.0316 e. The van der Waals surface area contributed by atoms with Gasteiger partial charge in [-0.1, -0.05) is 12.1 Å². The summed E-state index contributed by atoms with van der Waals surface area (Å²) in [6.45, 7) is 5.50. The molecule has 2 N–H and O–H groups in total. The molecule has 0 spiro atoms. The van der Waals surface area contributed by atoms with Crippen molar-refractivity contribution in [3.8, 4) is 0 Å². The highest BCUT2D eigenvalue weighted by Gasteiger charge is 2.02. The standard InChI is InChI=1S/C12H20N2/c1-10(2)14(3)8-7-11-5-4-6-12(13)9-11/h4-6,9-10H,7-8,13H2,1-3H3. The summed E-state index contributed by atoms with van der Waals surface area (Å²) in [5.74, 6) is 0. The highest BCUT2D eigenvalue weighted by molar-refractivity contribution is 5.40. The van der Waals surface area contributed by atoms with Gasteiger partial charge in [-0.15, -0.1) is 0 Å². The summed E-state index contributed by atoms with van der Waals surface area (Å²) in [4.78, 5) is 2.34. The van der Waals surface area contributed by atoms with Crippen LogP contribution in [0.15, 0.2) is 24.3 Å². The van der Waals surface area contributed by atoms with Gasteiger partial charge in [0.2, 0.25) is 0 Å². The van der Waals surface area contributed by atoms with Gasteiger partial charge in [-0.25, -0.2) is 0 Å². The molecule has 14 heavy (non-hydrogen) atoms. The molecule has 0 aliphatic heterocycles. The summed E-state index contributed by atoms with van der Waals surface area (Å²) in [5.41, 5.74) is 7.88. The van der Waals surface area contributed by atoms with E-state index < -0.39 is 0 Å². The van der Waals surface area contributed by atoms with E-state index in [-0.39, 0.29) is 0 Å². The minimum Gasteiger partial charge on any atom is -0.399 e. The predicted molar refractivity (Wildman–Crippen MR) is 62.3 cm³/mol. The van der Waals surface area contributed by atoms with Gasteiger partial charge < -0.3 is 10.6 Å². The highest BCUT2D eigenvalue weighted by atomic mass is 15.1. The number of anilines is 1. The highest BCUT2D eigenvalue weighted by Crippen LogP contribution is 2.08. The van der Waals surface area contributed by atoms with Crippen LogP contribution in [0.5, 0.6) is 0 Å². The lowest BCUT2D eigenvalue weighted by molar-refractivity contribution is 0.277. The third-order valence-corrected chi connectivity index (χ3v) is 2.59. The van der Waals surface area contributed by atoms with Crippen LogP contribution in [0.4, 0.5) is 5.69 Å². The number of likely N-dealkylation sites (N-methyl/N-ethyl adjacent to an activating group) is 1. The van der Waals surface area contributed by atoms with Gasteiger partial charge in [-0.2, -0.15) is 0 Å². The zero-order valence-electron chi connectivity index (χ0n) is 9.33. The Morgan fingerprint density at radius 2 is 2.07 bits per heavy atom. The molecular weight excluding hydrogens is 172 g/mol. The molecule has 1 aromatic rings. The molecule has 0 saturated carbocycles. The van der Waals surface area contributed by atoms with E-state index in [1.165, 1.54) is 5.56 Å². The van der Waals surface area contributed by atoms with Gasteiger partial charge in [-0.05, 0) is 45.0 Å². The number of rotatable bonds is 4. The fourth-order valence-electron chi connectivity index (χ4n) is 1.31. The number of nitrogens with two attached hydrogens (primary N) is 1. The van der Waals surface area contributed by atoms with E-state index in [9.17, 15) is 0 Å². The minimum atomic E-state index is 0.607. The van der Waals surface area contributed by atoms with Crippen LogP contribution in [0, 0.1) is 0 Å². The number of nitrogen functional groups attached to an aromatic ring is 1. The number of benzene rings is 1. The molecule has 0 unspecified atom stereocenters. The zero-order valence-corrected chi connectivity index (χ0v) is 9.33. The SMILES string of the molecule is CC(C)N(C)CCc1cccc(N)c1. The van der Waals surface area contributed by atoms with Crippen molar-refractivity contribution >= 4 is 5.69 Å². The molecule has 0 saturated heterocycles. The van der Waals surface area contributed by atoms with Crippen LogP contribution in [0.25, 0.3) is 0 Å². The Hall–Kier alpha value is -1.02. The lowest BCUT2D eigenvalue weighted by Crippen LogP contribution is -2.28. The molecule has 0 bridgehead atoms. The Morgan fingerprint density at radius 3 is 2.64 bits per heavy atom. The molecular formula is C12H20N2. The van der Waals surface area contributed by atoms with Gasteiger partial charge in [0.25, 0.3) is 0 Å². The van der Waals surface area contributed by atoms with Crippen molar-refractivity contribution in [1.29, 1.82) is 0 Å². The molecule has 78 valence electrons. The first kappa shape index (κ1) is 11.1. The predicted octanol–water partition coefficient (Wildman–Crippen LogP) is 2.15. The summed E-state index contributed by atoms with van der Waals surface area (Å²) in [6.07, 6.45) is 1.07. The van der Waals surface area contributed by atoms with E-state index in [0.29, 0.717) is 6.04 Å². The normalized spacial score (nSPS) is 11.2. The van der Waals surface area contributed by atoms with E-state index >= 15 is 0 Å². The molecule has 0 aliphatic rings. The third-order valence-electron chi connectivity index (χ3n) is 2.59. The van der Waals surface area contributed by atoms with Gasteiger partial charge in [0.1, 0.15) is 0 Å². The van der Waals surface area contributed by atoms with Gasteiger partial charge in [-0.3, -0.25) is 0 Å². The van der Waals surface area contributed by atoms with Crippen LogP contribution < -0.4 is 5.73 Å². The average Bonchev–Trinajstić information content (AvgIpc) is 2.14. The summed E-state index contributed by atoms with van der Waals surface area (Å²) in [6, 6.07) is 8.73. The quantitative estimate of drug-likeness (QED) is 0.741. The summed E-state index contributed by atoms with van der Waals surface area (Å²) in [5, 5.41) is 0. The molecule has 0 amide bonds. The molecule has 0 aliphatic carbocycles. The molecule has 0 fully saturated rings. The molecule has 0 heterocycles. The maximum atomic E-state index is 5.71. The maximum Gasteiger partial charge on any atom is 0.0316 e. The Balaban J connectivity index is 2.45. The number of hydrogen-bond donors (Lipinski definition) is 1. The average molecular weight is 192 g/mol. The Bertz CT molecular complexity index is 281. The second kappa shape index (κ2) is 5.01. The van der Waals surface area contributed by atoms with E-state index in [0.717, 1.165) is 18.7 Å². The van der Waals surface area contributed by atoms with Crippen LogP contribution in [-0.2, 0) is 6.42 Å². The van der Waals surface area contributed by atoms with Crippen molar-refractivity contribution in [3.63, 3.8) is 0 Å². The lowest BCUT2D eigenvalue weighted by Gasteiger charge is -2.20. The van der Waals surface area contributed by atoms with Crippen LogP contribution in [-0.4, -0.2) is 24.5 Å². The fraction of sp³-hybridized carbons (Fsp3) is 0.500. The molecule has 0 atom stereocenters. The first-order chi connectivity index (χ1) is 6.59. The second-order valence-corrected chi connectivity index (χ2v) is 4.07. The van der Waals surface area contributed by atoms with Crippen molar-refractivity contribution in [2.24, 2.45) is 0 Å². The first-order valence-corrected chi connectivity index (χ1v) is 5.14. The van der Waals surface area contributed by atoms with Crippen molar-refractivity contribution in [1.82, 2.24) is 4.90 Å². The van der Waals surface area contributed by atoms with Gasteiger partial charge in [0.15, 0.2) is 0 Å². The van der Waals surface area contributed by atoms with E-state index in [1.54, 1.807) is 0 Å². The summed E-state index contributed by atoms with van der Waals surface area (Å²) < 4.78 is 0. The monoisotopic (exact) mass is 192 g/mol. The molecule has 1 rings (SSSR count). The van der Waals surface area contributed by atoms with E-state index in [1.807, 2.05) is 18.2 Å². The Kier molecular flexibility index (Phi) is 3.96. The van der Waals surface area contributed by atoms with Crippen molar-refractivity contribution in [2.75, 3.05) is 19.3 Å². The van der Waals surface area contributed by atoms with Crippen LogP contribution in [0.1, 0.15) is 19.4 Å². The molecule has 0 aromatic heterocycles. The molecule has 2 heteroatoms. The first-order valence-electron chi connectivity index (χ1n) is 5.14. The number of hydrogen-bond acceptors (Lipinski definition) is 2. The fourth-order valence-corrected chi connectivity index (χ4v) is 1.31.